The molecule has 1 unspecified atom stereocenters. The molecule has 2 aromatic rings. The summed E-state index contributed by atoms with van der Waals surface area (Å²) in [6.07, 6.45) is 0.274. The summed E-state index contributed by atoms with van der Waals surface area (Å²) < 4.78 is 28.4. The summed E-state index contributed by atoms with van der Waals surface area (Å²) in [7, 11) is 0. The van der Waals surface area contributed by atoms with E-state index in [4.69, 9.17) is 5.84 Å². The number of benzene rings is 2. The standard InChI is InChI=1S/C15H15BrF2N2/c1-9-2-5-13(17)12(6-9)15(20-19)7-10-3-4-11(16)8-14(10)18/h2-6,8,15,20H,7,19H2,1H3. The molecule has 106 valence electrons. The second kappa shape index (κ2) is 6.43. The van der Waals surface area contributed by atoms with Gasteiger partial charge in [0.05, 0.1) is 6.04 Å². The number of hydrogen-bond donors (Lipinski definition) is 2. The van der Waals surface area contributed by atoms with Crippen LogP contribution in [-0.4, -0.2) is 0 Å². The maximum atomic E-state index is 13.9. The number of nitrogens with one attached hydrogen (secondary N) is 1. The fourth-order valence-corrected chi connectivity index (χ4v) is 2.43. The molecule has 0 saturated heterocycles. The summed E-state index contributed by atoms with van der Waals surface area (Å²) in [5.74, 6) is 4.81. The lowest BCUT2D eigenvalue weighted by Gasteiger charge is -2.18. The molecule has 0 fully saturated rings. The maximum Gasteiger partial charge on any atom is 0.128 e. The van der Waals surface area contributed by atoms with Gasteiger partial charge in [-0.05, 0) is 37.1 Å². The topological polar surface area (TPSA) is 38.0 Å². The summed E-state index contributed by atoms with van der Waals surface area (Å²) >= 11 is 3.21. The molecule has 0 bridgehead atoms. The highest BCUT2D eigenvalue weighted by Crippen LogP contribution is 2.24. The molecule has 2 aromatic carbocycles. The molecular formula is C15H15BrF2N2. The lowest BCUT2D eigenvalue weighted by molar-refractivity contribution is 0.498. The van der Waals surface area contributed by atoms with E-state index in [1.165, 1.54) is 12.1 Å². The van der Waals surface area contributed by atoms with E-state index in [1.54, 1.807) is 24.3 Å². The van der Waals surface area contributed by atoms with Crippen LogP contribution in [0.3, 0.4) is 0 Å². The van der Waals surface area contributed by atoms with Gasteiger partial charge < -0.3 is 0 Å². The molecule has 0 aliphatic heterocycles. The van der Waals surface area contributed by atoms with Gasteiger partial charge in [0.25, 0.3) is 0 Å². The predicted molar refractivity (Wildman–Crippen MR) is 79.0 cm³/mol. The Hall–Kier alpha value is -1.30. The average Bonchev–Trinajstić information content (AvgIpc) is 2.41. The summed E-state index contributed by atoms with van der Waals surface area (Å²) in [5.41, 5.74) is 4.41. The number of hydrogen-bond acceptors (Lipinski definition) is 2. The number of aryl methyl sites for hydroxylation is 1. The Labute approximate surface area is 125 Å². The zero-order valence-electron chi connectivity index (χ0n) is 11.0. The van der Waals surface area contributed by atoms with Crippen LogP contribution in [0.15, 0.2) is 40.9 Å². The highest BCUT2D eigenvalue weighted by molar-refractivity contribution is 9.10. The molecule has 0 saturated carbocycles. The van der Waals surface area contributed by atoms with Gasteiger partial charge in [-0.2, -0.15) is 0 Å². The van der Waals surface area contributed by atoms with Gasteiger partial charge in [-0.1, -0.05) is 39.7 Å². The van der Waals surface area contributed by atoms with Crippen LogP contribution in [0.25, 0.3) is 0 Å². The largest absolute Gasteiger partial charge is 0.271 e. The second-order valence-electron chi connectivity index (χ2n) is 4.68. The molecule has 20 heavy (non-hydrogen) atoms. The first-order chi connectivity index (χ1) is 9.51. The molecular weight excluding hydrogens is 326 g/mol. The van der Waals surface area contributed by atoms with Crippen LogP contribution in [0.5, 0.6) is 0 Å². The third-order valence-electron chi connectivity index (χ3n) is 3.17. The minimum Gasteiger partial charge on any atom is -0.271 e. The minimum absolute atomic E-state index is 0.274. The summed E-state index contributed by atoms with van der Waals surface area (Å²) in [6, 6.07) is 9.12. The Kier molecular flexibility index (Phi) is 4.86. The van der Waals surface area contributed by atoms with Crippen LogP contribution in [0.4, 0.5) is 8.78 Å². The SMILES string of the molecule is Cc1ccc(F)c(C(Cc2ccc(Br)cc2F)NN)c1. The Balaban J connectivity index is 2.31. The fourth-order valence-electron chi connectivity index (χ4n) is 2.10. The molecule has 3 N–H and O–H groups in total. The van der Waals surface area contributed by atoms with Crippen LogP contribution in [-0.2, 0) is 6.42 Å². The Morgan fingerprint density at radius 2 is 1.90 bits per heavy atom. The first-order valence-corrected chi connectivity index (χ1v) is 6.96. The van der Waals surface area contributed by atoms with E-state index in [0.29, 0.717) is 15.6 Å². The second-order valence-corrected chi connectivity index (χ2v) is 5.60. The van der Waals surface area contributed by atoms with Gasteiger partial charge in [0.15, 0.2) is 0 Å². The zero-order valence-corrected chi connectivity index (χ0v) is 12.5. The van der Waals surface area contributed by atoms with Crippen molar-refractivity contribution in [2.75, 3.05) is 0 Å². The molecule has 0 heterocycles. The Bertz CT molecular complexity index is 617. The molecule has 2 nitrogen and oxygen atoms in total. The third-order valence-corrected chi connectivity index (χ3v) is 3.66. The van der Waals surface area contributed by atoms with Gasteiger partial charge in [0, 0.05) is 10.0 Å². The van der Waals surface area contributed by atoms with Crippen LogP contribution in [0.1, 0.15) is 22.7 Å². The van der Waals surface area contributed by atoms with Gasteiger partial charge in [-0.15, -0.1) is 0 Å². The van der Waals surface area contributed by atoms with Crippen molar-refractivity contribution in [3.05, 3.63) is 69.2 Å². The summed E-state index contributed by atoms with van der Waals surface area (Å²) in [5, 5.41) is 0. The highest BCUT2D eigenvalue weighted by atomic mass is 79.9. The number of rotatable bonds is 4. The molecule has 0 aliphatic carbocycles. The number of halogens is 3. The molecule has 0 radical (unpaired) electrons. The van der Waals surface area contributed by atoms with Crippen molar-refractivity contribution >= 4 is 15.9 Å². The van der Waals surface area contributed by atoms with Crippen LogP contribution >= 0.6 is 15.9 Å². The van der Waals surface area contributed by atoms with E-state index in [0.717, 1.165) is 5.56 Å². The van der Waals surface area contributed by atoms with Crippen LogP contribution in [0, 0.1) is 18.6 Å². The minimum atomic E-state index is -0.481. The van der Waals surface area contributed by atoms with Gasteiger partial charge in [0.1, 0.15) is 11.6 Å². The van der Waals surface area contributed by atoms with E-state index < -0.39 is 6.04 Å². The Morgan fingerprint density at radius 3 is 2.55 bits per heavy atom. The average molecular weight is 341 g/mol. The fraction of sp³-hybridized carbons (Fsp3) is 0.200. The van der Waals surface area contributed by atoms with Crippen molar-refractivity contribution in [1.29, 1.82) is 0 Å². The molecule has 0 amide bonds. The zero-order chi connectivity index (χ0) is 14.7. The smallest absolute Gasteiger partial charge is 0.128 e. The Morgan fingerprint density at radius 1 is 1.15 bits per heavy atom. The van der Waals surface area contributed by atoms with Gasteiger partial charge >= 0.3 is 0 Å². The number of nitrogens with two attached hydrogens (primary N) is 1. The highest BCUT2D eigenvalue weighted by Gasteiger charge is 2.17. The molecule has 0 aromatic heterocycles. The molecule has 2 rings (SSSR count). The third kappa shape index (κ3) is 3.42. The molecule has 1 atom stereocenters. The van der Waals surface area contributed by atoms with Crippen LogP contribution in [0.2, 0.25) is 0 Å². The van der Waals surface area contributed by atoms with Crippen molar-refractivity contribution in [2.24, 2.45) is 5.84 Å². The van der Waals surface area contributed by atoms with E-state index >= 15 is 0 Å². The van der Waals surface area contributed by atoms with Crippen molar-refractivity contribution in [3.8, 4) is 0 Å². The van der Waals surface area contributed by atoms with E-state index in [-0.39, 0.29) is 18.1 Å². The van der Waals surface area contributed by atoms with Crippen LogP contribution < -0.4 is 11.3 Å². The van der Waals surface area contributed by atoms with Gasteiger partial charge in [-0.25, -0.2) is 8.78 Å². The quantitative estimate of drug-likeness (QED) is 0.656. The van der Waals surface area contributed by atoms with Gasteiger partial charge in [-0.3, -0.25) is 11.3 Å². The number of hydrazine groups is 1. The maximum absolute atomic E-state index is 13.9. The van der Waals surface area contributed by atoms with Crippen molar-refractivity contribution < 1.29 is 8.78 Å². The summed E-state index contributed by atoms with van der Waals surface area (Å²) in [4.78, 5) is 0. The monoisotopic (exact) mass is 340 g/mol. The first-order valence-electron chi connectivity index (χ1n) is 6.17. The van der Waals surface area contributed by atoms with Crippen molar-refractivity contribution in [2.45, 2.75) is 19.4 Å². The lowest BCUT2D eigenvalue weighted by atomic mass is 9.97. The molecule has 0 spiro atoms. The summed E-state index contributed by atoms with van der Waals surface area (Å²) in [6.45, 7) is 1.87. The van der Waals surface area contributed by atoms with Gasteiger partial charge in [0.2, 0.25) is 0 Å². The lowest BCUT2D eigenvalue weighted by Crippen LogP contribution is -2.30. The van der Waals surface area contributed by atoms with E-state index in [9.17, 15) is 8.78 Å². The van der Waals surface area contributed by atoms with Crippen molar-refractivity contribution in [3.63, 3.8) is 0 Å². The molecule has 5 heteroatoms. The normalized spacial score (nSPS) is 12.4. The van der Waals surface area contributed by atoms with Crippen molar-refractivity contribution in [1.82, 2.24) is 5.43 Å². The van der Waals surface area contributed by atoms with E-state index in [1.807, 2.05) is 6.92 Å². The first kappa shape index (κ1) is 15.1. The predicted octanol–water partition coefficient (Wildman–Crippen LogP) is 3.78. The molecule has 0 aliphatic rings. The van der Waals surface area contributed by atoms with E-state index in [2.05, 4.69) is 21.4 Å².